The van der Waals surface area contributed by atoms with Gasteiger partial charge in [-0.1, -0.05) is 140 Å². The van der Waals surface area contributed by atoms with Crippen molar-refractivity contribution in [1.82, 2.24) is 15.0 Å². The zero-order chi connectivity index (χ0) is 30.7. The molecule has 1 unspecified atom stereocenters. The summed E-state index contributed by atoms with van der Waals surface area (Å²) in [6.45, 7) is 0. The van der Waals surface area contributed by atoms with Crippen LogP contribution in [0.25, 0.3) is 57.4 Å². The quantitative estimate of drug-likeness (QED) is 0.205. The Kier molecular flexibility index (Phi) is 5.90. The number of aromatic nitrogens is 3. The average Bonchev–Trinajstić information content (AvgIpc) is 3.33. The van der Waals surface area contributed by atoms with Crippen LogP contribution in [0.15, 0.2) is 146 Å². The molecule has 3 nitrogen and oxygen atoms in total. The maximum Gasteiger partial charge on any atom is 0.164 e. The van der Waals surface area contributed by atoms with E-state index in [1.165, 1.54) is 0 Å². The maximum atomic E-state index is 15.3. The Labute approximate surface area is 266 Å². The summed E-state index contributed by atoms with van der Waals surface area (Å²) in [5.74, 6) is 1.55. The van der Waals surface area contributed by atoms with Gasteiger partial charge in [0.1, 0.15) is 5.82 Å². The fourth-order valence-electron chi connectivity index (χ4n) is 7.24. The molecular formula is C42H26FN3. The van der Waals surface area contributed by atoms with Crippen molar-refractivity contribution in [3.8, 4) is 45.3 Å². The maximum absolute atomic E-state index is 15.3. The highest BCUT2D eigenvalue weighted by atomic mass is 19.1. The van der Waals surface area contributed by atoms with Gasteiger partial charge in [-0.3, -0.25) is 0 Å². The van der Waals surface area contributed by atoms with Gasteiger partial charge in [0.25, 0.3) is 0 Å². The van der Waals surface area contributed by atoms with Crippen LogP contribution >= 0.6 is 0 Å². The number of rotatable bonds is 3. The average molecular weight is 592 g/mol. The molecule has 0 saturated carbocycles. The molecular weight excluding hydrogens is 565 g/mol. The molecule has 216 valence electrons. The lowest BCUT2D eigenvalue weighted by Gasteiger charge is -2.35. The second kappa shape index (κ2) is 10.3. The third-order valence-electron chi connectivity index (χ3n) is 9.23. The summed E-state index contributed by atoms with van der Waals surface area (Å²) in [7, 11) is 0. The van der Waals surface area contributed by atoms with E-state index in [4.69, 9.17) is 15.0 Å². The van der Waals surface area contributed by atoms with Gasteiger partial charge < -0.3 is 0 Å². The second-order valence-electron chi connectivity index (χ2n) is 11.7. The summed E-state index contributed by atoms with van der Waals surface area (Å²) in [5, 5.41) is 0. The van der Waals surface area contributed by atoms with E-state index in [0.717, 1.165) is 61.2 Å². The van der Waals surface area contributed by atoms with Gasteiger partial charge in [-0.25, -0.2) is 19.3 Å². The van der Waals surface area contributed by atoms with Gasteiger partial charge in [0.15, 0.2) is 17.5 Å². The first-order valence-corrected chi connectivity index (χ1v) is 15.4. The van der Waals surface area contributed by atoms with E-state index in [1.54, 1.807) is 12.1 Å². The van der Waals surface area contributed by atoms with Crippen LogP contribution in [-0.2, 0) is 5.41 Å². The molecule has 1 spiro atoms. The van der Waals surface area contributed by atoms with Gasteiger partial charge in [0.2, 0.25) is 0 Å². The largest absolute Gasteiger partial charge is 0.208 e. The van der Waals surface area contributed by atoms with Gasteiger partial charge in [-0.2, -0.15) is 0 Å². The van der Waals surface area contributed by atoms with E-state index in [1.807, 2.05) is 66.7 Å². The van der Waals surface area contributed by atoms with Gasteiger partial charge in [0.05, 0.1) is 5.41 Å². The van der Waals surface area contributed by atoms with Crippen molar-refractivity contribution in [3.05, 3.63) is 185 Å². The third kappa shape index (κ3) is 3.93. The van der Waals surface area contributed by atoms with Gasteiger partial charge in [-0.15, -0.1) is 0 Å². The van der Waals surface area contributed by atoms with Crippen molar-refractivity contribution in [2.24, 2.45) is 0 Å². The van der Waals surface area contributed by atoms with E-state index in [2.05, 4.69) is 78.9 Å². The van der Waals surface area contributed by atoms with Crippen molar-refractivity contribution < 1.29 is 4.39 Å². The van der Waals surface area contributed by atoms with Crippen molar-refractivity contribution in [1.29, 1.82) is 0 Å². The summed E-state index contributed by atoms with van der Waals surface area (Å²) < 4.78 is 15.3. The zero-order valence-corrected chi connectivity index (χ0v) is 24.7. The molecule has 9 rings (SSSR count). The van der Waals surface area contributed by atoms with Crippen LogP contribution in [0.1, 0.15) is 33.4 Å². The highest BCUT2D eigenvalue weighted by molar-refractivity contribution is 5.92. The molecule has 46 heavy (non-hydrogen) atoms. The normalized spacial score (nSPS) is 15.5. The Morgan fingerprint density at radius 2 is 0.935 bits per heavy atom. The molecule has 6 aromatic carbocycles. The monoisotopic (exact) mass is 591 g/mol. The Morgan fingerprint density at radius 3 is 1.63 bits per heavy atom. The Bertz CT molecular complexity index is 2270. The lowest BCUT2D eigenvalue weighted by molar-refractivity contribution is 0.620. The zero-order valence-electron chi connectivity index (χ0n) is 24.7. The first-order chi connectivity index (χ1) is 22.7. The van der Waals surface area contributed by atoms with Crippen molar-refractivity contribution in [2.45, 2.75) is 5.41 Å². The molecule has 0 fully saturated rings. The first kappa shape index (κ1) is 26.4. The number of hydrogen-bond acceptors (Lipinski definition) is 3. The van der Waals surface area contributed by atoms with Crippen molar-refractivity contribution >= 4 is 12.2 Å². The molecule has 2 aliphatic rings. The highest BCUT2D eigenvalue weighted by Gasteiger charge is 2.48. The lowest BCUT2D eigenvalue weighted by atomic mass is 9.66. The Balaban J connectivity index is 1.35. The number of hydrogen-bond donors (Lipinski definition) is 0. The molecule has 7 aromatic rings. The predicted molar refractivity (Wildman–Crippen MR) is 182 cm³/mol. The molecule has 0 bridgehead atoms. The van der Waals surface area contributed by atoms with Crippen molar-refractivity contribution in [3.63, 3.8) is 0 Å². The number of benzene rings is 6. The standard InChI is InChI=1S/C42H26FN3/c43-32-23-21-28-20-19-27-11-7-9-17-35(27)42(37(28)26-32)36-18-10-8-16-33(36)34-24-22-31(25-38(34)42)41-45-39(29-12-3-1-4-13-29)44-40(46-41)30-14-5-2-6-15-30/h1-26H. The fourth-order valence-corrected chi connectivity index (χ4v) is 7.24. The number of nitrogens with zero attached hydrogens (tertiary/aromatic N) is 3. The minimum Gasteiger partial charge on any atom is -0.208 e. The second-order valence-corrected chi connectivity index (χ2v) is 11.7. The number of fused-ring (bicyclic) bond motifs is 9. The van der Waals surface area contributed by atoms with Crippen LogP contribution in [-0.4, -0.2) is 15.0 Å². The third-order valence-corrected chi connectivity index (χ3v) is 9.23. The molecule has 0 N–H and O–H groups in total. The van der Waals surface area contributed by atoms with Crippen LogP contribution in [0.2, 0.25) is 0 Å². The predicted octanol–water partition coefficient (Wildman–Crippen LogP) is 9.86. The molecule has 1 atom stereocenters. The summed E-state index contributed by atoms with van der Waals surface area (Å²) in [6.07, 6.45) is 4.26. The molecule has 0 aliphatic heterocycles. The van der Waals surface area contributed by atoms with Crippen LogP contribution in [0.3, 0.4) is 0 Å². The van der Waals surface area contributed by atoms with E-state index in [-0.39, 0.29) is 5.82 Å². The fraction of sp³-hybridized carbons (Fsp3) is 0.0238. The van der Waals surface area contributed by atoms with Gasteiger partial charge in [0, 0.05) is 16.7 Å². The highest BCUT2D eigenvalue weighted by Crippen LogP contribution is 2.59. The summed E-state index contributed by atoms with van der Waals surface area (Å²) in [6, 6.07) is 48.6. The topological polar surface area (TPSA) is 38.7 Å². The van der Waals surface area contributed by atoms with E-state index in [9.17, 15) is 0 Å². The molecule has 1 aromatic heterocycles. The molecule has 0 amide bonds. The SMILES string of the molecule is Fc1ccc2c(c1)C1(c3ccccc3C=C2)c2ccccc2-c2ccc(-c3nc(-c4ccccc4)nc(-c4ccccc4)n3)cc21. The lowest BCUT2D eigenvalue weighted by Crippen LogP contribution is -2.30. The van der Waals surface area contributed by atoms with E-state index in [0.29, 0.717) is 17.5 Å². The van der Waals surface area contributed by atoms with Crippen LogP contribution in [0.5, 0.6) is 0 Å². The van der Waals surface area contributed by atoms with Crippen LogP contribution in [0.4, 0.5) is 4.39 Å². The summed E-state index contributed by atoms with van der Waals surface area (Å²) in [5.41, 5.74) is 10.6. The Morgan fingerprint density at radius 1 is 0.391 bits per heavy atom. The van der Waals surface area contributed by atoms with E-state index >= 15 is 4.39 Å². The van der Waals surface area contributed by atoms with Crippen LogP contribution in [0, 0.1) is 5.82 Å². The first-order valence-electron chi connectivity index (χ1n) is 15.4. The minimum absolute atomic E-state index is 0.259. The Hall–Kier alpha value is -6.00. The molecule has 4 heteroatoms. The molecule has 1 heterocycles. The summed E-state index contributed by atoms with van der Waals surface area (Å²) in [4.78, 5) is 15.0. The smallest absolute Gasteiger partial charge is 0.164 e. The van der Waals surface area contributed by atoms with Gasteiger partial charge >= 0.3 is 0 Å². The summed E-state index contributed by atoms with van der Waals surface area (Å²) >= 11 is 0. The molecule has 0 saturated heterocycles. The minimum atomic E-state index is -0.753. The van der Waals surface area contributed by atoms with Gasteiger partial charge in [-0.05, 0) is 62.7 Å². The number of halogens is 1. The van der Waals surface area contributed by atoms with E-state index < -0.39 is 5.41 Å². The molecule has 0 radical (unpaired) electrons. The van der Waals surface area contributed by atoms with Crippen LogP contribution < -0.4 is 0 Å². The van der Waals surface area contributed by atoms with Crippen molar-refractivity contribution in [2.75, 3.05) is 0 Å². The molecule has 2 aliphatic carbocycles.